The van der Waals surface area contributed by atoms with Crippen LogP contribution in [0, 0.1) is 0 Å². The number of rotatable bonds is 5. The van der Waals surface area contributed by atoms with E-state index in [2.05, 4.69) is 28.9 Å². The van der Waals surface area contributed by atoms with Gasteiger partial charge in [-0.2, -0.15) is 11.8 Å². The van der Waals surface area contributed by atoms with Crippen molar-refractivity contribution in [2.24, 2.45) is 4.99 Å². The maximum Gasteiger partial charge on any atom is 0.222 e. The number of hydrogen-bond donors (Lipinski definition) is 1. The van der Waals surface area contributed by atoms with Crippen molar-refractivity contribution in [3.8, 4) is 0 Å². The molecule has 0 radical (unpaired) electrons. The molecule has 0 aromatic rings. The van der Waals surface area contributed by atoms with Gasteiger partial charge >= 0.3 is 0 Å². The van der Waals surface area contributed by atoms with Crippen molar-refractivity contribution >= 4 is 23.6 Å². The highest BCUT2D eigenvalue weighted by Gasteiger charge is 2.38. The van der Waals surface area contributed by atoms with E-state index in [0.717, 1.165) is 64.5 Å². The summed E-state index contributed by atoms with van der Waals surface area (Å²) in [7, 11) is 0. The van der Waals surface area contributed by atoms with Gasteiger partial charge in [0.25, 0.3) is 0 Å². The number of nitrogens with one attached hydrogen (secondary N) is 1. The van der Waals surface area contributed by atoms with Crippen LogP contribution in [0.3, 0.4) is 0 Å². The molecule has 2 aliphatic heterocycles. The van der Waals surface area contributed by atoms with E-state index in [1.165, 1.54) is 37.9 Å². The topological polar surface area (TPSA) is 47.9 Å². The number of carbonyl (C=O) groups is 1. The zero-order valence-corrected chi connectivity index (χ0v) is 16.6. The zero-order valence-electron chi connectivity index (χ0n) is 15.8. The Balaban J connectivity index is 1.52. The molecule has 6 heteroatoms. The standard InChI is InChI=1S/C19H34N4OS/c1-2-20-18(21-11-7-13-22-12-6-8-17(22)24)23-14-15-25-19(16-23)9-4-3-5-10-19/h2-16H2,1H3,(H,20,21). The fourth-order valence-corrected chi connectivity index (χ4v) is 5.91. The maximum absolute atomic E-state index is 11.7. The molecule has 0 unspecified atom stereocenters. The smallest absolute Gasteiger partial charge is 0.222 e. The fourth-order valence-electron chi connectivity index (χ4n) is 4.34. The summed E-state index contributed by atoms with van der Waals surface area (Å²) in [5, 5.41) is 3.50. The lowest BCUT2D eigenvalue weighted by molar-refractivity contribution is -0.127. The van der Waals surface area contributed by atoms with Gasteiger partial charge in [0.2, 0.25) is 5.91 Å². The Labute approximate surface area is 157 Å². The number of likely N-dealkylation sites (tertiary alicyclic amines) is 1. The Kier molecular flexibility index (Phi) is 6.91. The zero-order chi connectivity index (χ0) is 17.5. The molecular formula is C19H34N4OS. The Morgan fingerprint density at radius 2 is 2.08 bits per heavy atom. The minimum absolute atomic E-state index is 0.322. The third kappa shape index (κ3) is 5.05. The van der Waals surface area contributed by atoms with Gasteiger partial charge in [-0.15, -0.1) is 0 Å². The van der Waals surface area contributed by atoms with Crippen LogP contribution in [0.4, 0.5) is 0 Å². The van der Waals surface area contributed by atoms with E-state index < -0.39 is 0 Å². The number of hydrogen-bond acceptors (Lipinski definition) is 3. The normalized spacial score (nSPS) is 24.2. The predicted octanol–water partition coefficient (Wildman–Crippen LogP) is 2.72. The molecule has 2 saturated heterocycles. The molecular weight excluding hydrogens is 332 g/mol. The van der Waals surface area contributed by atoms with Crippen molar-refractivity contribution in [2.45, 2.75) is 63.0 Å². The summed E-state index contributed by atoms with van der Waals surface area (Å²) in [4.78, 5) is 21.1. The van der Waals surface area contributed by atoms with Gasteiger partial charge < -0.3 is 15.1 Å². The van der Waals surface area contributed by atoms with Gasteiger partial charge in [-0.1, -0.05) is 19.3 Å². The molecule has 3 aliphatic rings. The predicted molar refractivity (Wildman–Crippen MR) is 106 cm³/mol. The highest BCUT2D eigenvalue weighted by Crippen LogP contribution is 2.42. The van der Waals surface area contributed by atoms with Crippen molar-refractivity contribution in [2.75, 3.05) is 45.0 Å². The summed E-state index contributed by atoms with van der Waals surface area (Å²) in [6.07, 6.45) is 9.64. The van der Waals surface area contributed by atoms with Crippen molar-refractivity contribution in [3.05, 3.63) is 0 Å². The molecule has 1 aliphatic carbocycles. The Bertz CT molecular complexity index is 471. The molecule has 3 fully saturated rings. The van der Waals surface area contributed by atoms with E-state index in [1.54, 1.807) is 0 Å². The van der Waals surface area contributed by atoms with Crippen LogP contribution >= 0.6 is 11.8 Å². The minimum Gasteiger partial charge on any atom is -0.357 e. The molecule has 1 saturated carbocycles. The lowest BCUT2D eigenvalue weighted by atomic mass is 9.87. The molecule has 25 heavy (non-hydrogen) atoms. The van der Waals surface area contributed by atoms with Gasteiger partial charge in [0.05, 0.1) is 0 Å². The number of nitrogens with zero attached hydrogens (tertiary/aromatic N) is 3. The van der Waals surface area contributed by atoms with Crippen LogP contribution in [-0.2, 0) is 4.79 Å². The largest absolute Gasteiger partial charge is 0.357 e. The minimum atomic E-state index is 0.322. The second-order valence-electron chi connectivity index (χ2n) is 7.59. The summed E-state index contributed by atoms with van der Waals surface area (Å²) >= 11 is 2.20. The molecule has 0 atom stereocenters. The van der Waals surface area contributed by atoms with Gasteiger partial charge in [-0.3, -0.25) is 9.79 Å². The number of amides is 1. The summed E-state index contributed by atoms with van der Waals surface area (Å²) in [5.74, 6) is 2.62. The van der Waals surface area contributed by atoms with E-state index in [0.29, 0.717) is 10.7 Å². The lowest BCUT2D eigenvalue weighted by Gasteiger charge is -2.45. The van der Waals surface area contributed by atoms with Crippen LogP contribution in [0.2, 0.25) is 0 Å². The monoisotopic (exact) mass is 366 g/mol. The van der Waals surface area contributed by atoms with E-state index in [-0.39, 0.29) is 0 Å². The van der Waals surface area contributed by atoms with Crippen molar-refractivity contribution < 1.29 is 4.79 Å². The third-order valence-corrected chi connectivity index (χ3v) is 7.20. The van der Waals surface area contributed by atoms with Gasteiger partial charge in [0.15, 0.2) is 5.96 Å². The quantitative estimate of drug-likeness (QED) is 0.462. The SMILES string of the molecule is CCNC(=NCCCN1CCCC1=O)N1CCSC2(CCCCC2)C1. The highest BCUT2D eigenvalue weighted by molar-refractivity contribution is 8.00. The van der Waals surface area contributed by atoms with Crippen molar-refractivity contribution in [1.82, 2.24) is 15.1 Å². The molecule has 5 nitrogen and oxygen atoms in total. The molecule has 142 valence electrons. The van der Waals surface area contributed by atoms with Crippen LogP contribution in [0.15, 0.2) is 4.99 Å². The summed E-state index contributed by atoms with van der Waals surface area (Å²) in [6.45, 7) is 7.92. The fraction of sp³-hybridized carbons (Fsp3) is 0.895. The number of thioether (sulfide) groups is 1. The maximum atomic E-state index is 11.7. The Hall–Kier alpha value is -0.910. The Morgan fingerprint density at radius 3 is 2.80 bits per heavy atom. The summed E-state index contributed by atoms with van der Waals surface area (Å²) in [6, 6.07) is 0. The van der Waals surface area contributed by atoms with Crippen LogP contribution < -0.4 is 5.32 Å². The van der Waals surface area contributed by atoms with Crippen molar-refractivity contribution in [1.29, 1.82) is 0 Å². The molecule has 0 bridgehead atoms. The third-order valence-electron chi connectivity index (χ3n) is 5.67. The van der Waals surface area contributed by atoms with Crippen molar-refractivity contribution in [3.63, 3.8) is 0 Å². The van der Waals surface area contributed by atoms with Gasteiger partial charge in [-0.25, -0.2) is 0 Å². The van der Waals surface area contributed by atoms with E-state index in [1.807, 2.05) is 4.90 Å². The summed E-state index contributed by atoms with van der Waals surface area (Å²) in [5.41, 5.74) is 0. The molecule has 1 spiro atoms. The average molecular weight is 367 g/mol. The van der Waals surface area contributed by atoms with Crippen LogP contribution in [0.1, 0.15) is 58.3 Å². The lowest BCUT2D eigenvalue weighted by Crippen LogP contribution is -2.53. The second-order valence-corrected chi connectivity index (χ2v) is 9.15. The van der Waals surface area contributed by atoms with Crippen LogP contribution in [-0.4, -0.2) is 71.4 Å². The first kappa shape index (κ1) is 18.9. The average Bonchev–Trinajstić information content (AvgIpc) is 3.03. The summed E-state index contributed by atoms with van der Waals surface area (Å²) < 4.78 is 0.467. The van der Waals surface area contributed by atoms with E-state index in [9.17, 15) is 4.79 Å². The first-order valence-electron chi connectivity index (χ1n) is 10.2. The van der Waals surface area contributed by atoms with Gasteiger partial charge in [0.1, 0.15) is 0 Å². The molecule has 0 aromatic heterocycles. The highest BCUT2D eigenvalue weighted by atomic mass is 32.2. The van der Waals surface area contributed by atoms with Gasteiger partial charge in [-0.05, 0) is 32.6 Å². The van der Waals surface area contributed by atoms with Gasteiger partial charge in [0, 0.05) is 56.2 Å². The first-order chi connectivity index (χ1) is 12.2. The molecule has 2 heterocycles. The van der Waals surface area contributed by atoms with E-state index in [4.69, 9.17) is 4.99 Å². The van der Waals surface area contributed by atoms with Crippen LogP contribution in [0.25, 0.3) is 0 Å². The van der Waals surface area contributed by atoms with Crippen LogP contribution in [0.5, 0.6) is 0 Å². The van der Waals surface area contributed by atoms with E-state index >= 15 is 0 Å². The molecule has 0 aromatic carbocycles. The first-order valence-corrected chi connectivity index (χ1v) is 11.2. The number of carbonyl (C=O) groups excluding carboxylic acids is 1. The number of aliphatic imine (C=N–C) groups is 1. The Morgan fingerprint density at radius 1 is 1.24 bits per heavy atom. The molecule has 3 rings (SSSR count). The molecule has 1 N–H and O–H groups in total. The second kappa shape index (κ2) is 9.15. The molecule has 1 amide bonds. The number of guanidine groups is 1.